The molecule has 3 aliphatic rings. The molecule has 230 valence electrons. The molecule has 7 rings (SSSR count). The molecule has 0 radical (unpaired) electrons. The Kier molecular flexibility index (Phi) is 7.82. The Labute approximate surface area is 257 Å². The minimum atomic E-state index is -1.45. The lowest BCUT2D eigenvalue weighted by molar-refractivity contribution is -0.117. The smallest absolute Gasteiger partial charge is 0.269 e. The first kappa shape index (κ1) is 28.8. The number of halogens is 2. The number of hydrogen-bond acceptors (Lipinski definition) is 7. The molecule has 0 bridgehead atoms. The molecule has 0 spiro atoms. The van der Waals surface area contributed by atoms with Crippen molar-refractivity contribution in [3.63, 3.8) is 0 Å². The summed E-state index contributed by atoms with van der Waals surface area (Å²) in [4.78, 5) is 34.5. The van der Waals surface area contributed by atoms with Crippen LogP contribution in [0.25, 0.3) is 11.3 Å². The number of anilines is 1. The van der Waals surface area contributed by atoms with Crippen LogP contribution in [0.1, 0.15) is 27.9 Å². The number of benzene rings is 3. The molecule has 1 saturated heterocycles. The number of fused-ring (bicyclic) bond motifs is 2. The van der Waals surface area contributed by atoms with Gasteiger partial charge in [-0.3, -0.25) is 14.5 Å². The number of nitrogens with zero attached hydrogens (tertiary/aromatic N) is 4. The van der Waals surface area contributed by atoms with Gasteiger partial charge in [-0.05, 0) is 18.2 Å². The van der Waals surface area contributed by atoms with Crippen LogP contribution in [0.5, 0.6) is 5.88 Å². The first-order valence-electron chi connectivity index (χ1n) is 14.8. The zero-order valence-corrected chi connectivity index (χ0v) is 24.2. The van der Waals surface area contributed by atoms with Crippen molar-refractivity contribution in [2.75, 3.05) is 38.2 Å². The van der Waals surface area contributed by atoms with E-state index in [1.54, 1.807) is 47.1 Å². The number of ether oxygens (including phenoxy) is 2. The highest BCUT2D eigenvalue weighted by molar-refractivity contribution is 6.20. The third-order valence-corrected chi connectivity index (χ3v) is 8.11. The summed E-state index contributed by atoms with van der Waals surface area (Å²) in [5, 5.41) is 9.88. The zero-order chi connectivity index (χ0) is 30.9. The van der Waals surface area contributed by atoms with Gasteiger partial charge >= 0.3 is 0 Å². The maximum Gasteiger partial charge on any atom is 0.269 e. The molecule has 3 aliphatic heterocycles. The number of rotatable bonds is 6. The number of hydrogen-bond donors (Lipinski definition) is 2. The first-order chi connectivity index (χ1) is 22.0. The van der Waals surface area contributed by atoms with Gasteiger partial charge in [0.2, 0.25) is 12.0 Å². The van der Waals surface area contributed by atoms with E-state index < -0.39 is 29.6 Å². The van der Waals surface area contributed by atoms with Gasteiger partial charge in [-0.2, -0.15) is 5.10 Å². The van der Waals surface area contributed by atoms with Crippen molar-refractivity contribution >= 4 is 23.2 Å². The first-order valence-corrected chi connectivity index (χ1v) is 14.8. The number of para-hydroxylation sites is 1. The van der Waals surface area contributed by atoms with Crippen LogP contribution in [0.15, 0.2) is 77.8 Å². The highest BCUT2D eigenvalue weighted by Gasteiger charge is 2.36. The maximum absolute atomic E-state index is 15.1. The molecule has 4 heterocycles. The highest BCUT2D eigenvalue weighted by atomic mass is 19.1. The Morgan fingerprint density at radius 1 is 0.933 bits per heavy atom. The number of aromatic nitrogens is 2. The average molecular weight is 613 g/mol. The van der Waals surface area contributed by atoms with Gasteiger partial charge in [0.1, 0.15) is 29.0 Å². The third kappa shape index (κ3) is 5.69. The second-order valence-electron chi connectivity index (χ2n) is 11.0. The van der Waals surface area contributed by atoms with Gasteiger partial charge in [-0.25, -0.2) is 18.5 Å². The van der Waals surface area contributed by atoms with E-state index in [-0.39, 0.29) is 34.5 Å². The summed E-state index contributed by atoms with van der Waals surface area (Å²) >= 11 is 0. The second-order valence-corrected chi connectivity index (χ2v) is 11.0. The van der Waals surface area contributed by atoms with Crippen molar-refractivity contribution in [3.8, 4) is 17.1 Å². The van der Waals surface area contributed by atoms with Gasteiger partial charge in [-0.1, -0.05) is 54.6 Å². The number of carbonyl (C=O) groups is 2. The van der Waals surface area contributed by atoms with E-state index in [0.29, 0.717) is 49.6 Å². The number of amides is 2. The Morgan fingerprint density at radius 2 is 1.67 bits per heavy atom. The van der Waals surface area contributed by atoms with Gasteiger partial charge < -0.3 is 20.1 Å². The van der Waals surface area contributed by atoms with E-state index in [1.807, 2.05) is 6.07 Å². The molecule has 12 heteroatoms. The van der Waals surface area contributed by atoms with E-state index in [4.69, 9.17) is 9.47 Å². The molecule has 2 amide bonds. The monoisotopic (exact) mass is 612 g/mol. The average Bonchev–Trinajstić information content (AvgIpc) is 3.37. The minimum Gasteiger partial charge on any atom is -0.472 e. The molecule has 0 saturated carbocycles. The van der Waals surface area contributed by atoms with Gasteiger partial charge in [-0.15, -0.1) is 0 Å². The van der Waals surface area contributed by atoms with Crippen molar-refractivity contribution in [1.29, 1.82) is 0 Å². The molecule has 4 aromatic rings. The van der Waals surface area contributed by atoms with Crippen molar-refractivity contribution in [3.05, 3.63) is 101 Å². The molecule has 10 nitrogen and oxygen atoms in total. The summed E-state index contributed by atoms with van der Waals surface area (Å²) in [6.45, 7) is 3.90. The van der Waals surface area contributed by atoms with E-state index in [0.717, 1.165) is 13.1 Å². The fourth-order valence-electron chi connectivity index (χ4n) is 5.87. The van der Waals surface area contributed by atoms with E-state index in [1.165, 1.54) is 24.3 Å². The molecule has 2 N–H and O–H groups in total. The highest BCUT2D eigenvalue weighted by Crippen LogP contribution is 2.36. The number of aryl methyl sites for hydroxylation is 1. The zero-order valence-electron chi connectivity index (χ0n) is 24.2. The van der Waals surface area contributed by atoms with Crippen LogP contribution in [-0.2, 0) is 16.1 Å². The number of benzodiazepines with no additional fused rings is 1. The number of aliphatic imine (C=N–C) groups is 1. The molecule has 2 atom stereocenters. The number of nitrogens with one attached hydrogen (secondary N) is 2. The number of carbonyl (C=O) groups excluding carboxylic acids is 2. The topological polar surface area (TPSA) is 110 Å². The van der Waals surface area contributed by atoms with Crippen LogP contribution >= 0.6 is 0 Å². The lowest BCUT2D eigenvalue weighted by atomic mass is 10.0. The largest absolute Gasteiger partial charge is 0.472 e. The fourth-order valence-corrected chi connectivity index (χ4v) is 5.87. The molecule has 0 aliphatic carbocycles. The summed E-state index contributed by atoms with van der Waals surface area (Å²) in [5.41, 5.74) is 1.48. The van der Waals surface area contributed by atoms with Crippen LogP contribution in [0.2, 0.25) is 0 Å². The molecular weight excluding hydrogens is 582 g/mol. The Morgan fingerprint density at radius 3 is 2.47 bits per heavy atom. The summed E-state index contributed by atoms with van der Waals surface area (Å²) in [6.07, 6.45) is -1.05. The molecule has 1 aromatic heterocycles. The third-order valence-electron chi connectivity index (χ3n) is 8.11. The molecular formula is C33H30F2N6O4. The molecule has 1 unspecified atom stereocenters. The van der Waals surface area contributed by atoms with Gasteiger partial charge in [0.05, 0.1) is 24.6 Å². The van der Waals surface area contributed by atoms with Crippen LogP contribution in [0.4, 0.5) is 14.5 Å². The van der Waals surface area contributed by atoms with Crippen molar-refractivity contribution < 1.29 is 27.8 Å². The van der Waals surface area contributed by atoms with Crippen molar-refractivity contribution in [1.82, 2.24) is 20.0 Å². The quantitative estimate of drug-likeness (QED) is 0.343. The van der Waals surface area contributed by atoms with Gasteiger partial charge in [0, 0.05) is 49.3 Å². The molecule has 3 aromatic carbocycles. The van der Waals surface area contributed by atoms with Crippen LogP contribution in [-0.4, -0.2) is 77.3 Å². The summed E-state index contributed by atoms with van der Waals surface area (Å²) < 4.78 is 43.5. The second kappa shape index (κ2) is 12.2. The predicted molar refractivity (Wildman–Crippen MR) is 162 cm³/mol. The van der Waals surface area contributed by atoms with Gasteiger partial charge in [0.15, 0.2) is 0 Å². The predicted octanol–water partition coefficient (Wildman–Crippen LogP) is 3.86. The normalized spacial score (nSPS) is 19.8. The van der Waals surface area contributed by atoms with E-state index >= 15 is 4.39 Å². The summed E-state index contributed by atoms with van der Waals surface area (Å²) in [7, 11) is 0. The van der Waals surface area contributed by atoms with Crippen molar-refractivity contribution in [2.24, 2.45) is 4.99 Å². The summed E-state index contributed by atoms with van der Waals surface area (Å²) in [5.74, 6) is -2.48. The van der Waals surface area contributed by atoms with Crippen molar-refractivity contribution in [2.45, 2.75) is 25.2 Å². The maximum atomic E-state index is 15.1. The number of morpholine rings is 1. The van der Waals surface area contributed by atoms with Crippen LogP contribution in [0, 0.1) is 11.6 Å². The summed E-state index contributed by atoms with van der Waals surface area (Å²) in [6, 6.07) is 19.5. The lowest BCUT2D eigenvalue weighted by Crippen LogP contribution is -2.45. The van der Waals surface area contributed by atoms with E-state index in [2.05, 4.69) is 25.6 Å². The Bertz CT molecular complexity index is 1790. The van der Waals surface area contributed by atoms with Crippen LogP contribution in [0.3, 0.4) is 0 Å². The minimum absolute atomic E-state index is 0.0102. The molecule has 1 fully saturated rings. The fraction of sp³-hybridized carbons (Fsp3) is 0.273. The lowest BCUT2D eigenvalue weighted by Gasteiger charge is -2.32. The van der Waals surface area contributed by atoms with E-state index in [9.17, 15) is 14.0 Å². The standard InChI is InChI=1S/C33H30F2N6O4/c34-24-11-5-4-9-22(24)29-26(33-41(39-29)14-13-21(45-33)19-40-15-17-44-18-16-40)31(42)38-30-32(43)37-28-23(10-6-12-25(28)35)27(36-30)20-7-2-1-3-8-20/h1-12,21,30H,13-19H2,(H,37,43)(H,38,42)/t21?,30-/m1/s1. The Balaban J connectivity index is 1.26. The molecule has 45 heavy (non-hydrogen) atoms. The van der Waals surface area contributed by atoms with Gasteiger partial charge in [0.25, 0.3) is 11.8 Å². The SMILES string of the molecule is O=C(N[C@H]1N=C(c2ccccc2)c2cccc(F)c2NC1=O)c1c(-c2ccccc2F)nn2c1OC(CN1CCOCC1)CC2. The Hall–Kier alpha value is -4.94. The van der Waals surface area contributed by atoms with Crippen LogP contribution < -0.4 is 15.4 Å².